The molecule has 0 aromatic heterocycles. The average Bonchev–Trinajstić information content (AvgIpc) is 3.22. The van der Waals surface area contributed by atoms with Gasteiger partial charge in [0.1, 0.15) is 36.8 Å². The van der Waals surface area contributed by atoms with E-state index in [9.17, 15) is 37.9 Å². The average molecular weight is 889 g/mol. The molecule has 1 aliphatic heterocycles. The molecule has 0 spiro atoms. The van der Waals surface area contributed by atoms with Crippen molar-refractivity contribution in [2.24, 2.45) is 0 Å². The van der Waals surface area contributed by atoms with Gasteiger partial charge in [-0.2, -0.15) is 8.42 Å². The zero-order valence-electron chi connectivity index (χ0n) is 38.3. The zero-order valence-corrected chi connectivity index (χ0v) is 39.1. The number of aliphatic hydroxyl groups excluding tert-OH is 3. The summed E-state index contributed by atoms with van der Waals surface area (Å²) in [6, 6.07) is 0. The number of carbonyl (C=O) groups is 2. The van der Waals surface area contributed by atoms with Crippen LogP contribution in [0.5, 0.6) is 0 Å². The first-order valence-electron chi connectivity index (χ1n) is 24.4. The first kappa shape index (κ1) is 57.1. The van der Waals surface area contributed by atoms with Gasteiger partial charge in [0.25, 0.3) is 10.1 Å². The molecule has 12 nitrogen and oxygen atoms in total. The predicted octanol–water partition coefficient (Wildman–Crippen LogP) is 10.4. The van der Waals surface area contributed by atoms with E-state index in [1.807, 2.05) is 0 Å². The number of ether oxygens (including phenoxy) is 4. The van der Waals surface area contributed by atoms with Crippen molar-refractivity contribution in [1.29, 1.82) is 0 Å². The first-order valence-corrected chi connectivity index (χ1v) is 26.0. The summed E-state index contributed by atoms with van der Waals surface area (Å²) in [5.41, 5.74) is 0. The van der Waals surface area contributed by atoms with Crippen LogP contribution in [0.1, 0.15) is 213 Å². The summed E-state index contributed by atoms with van der Waals surface area (Å²) in [5, 5.41) is 30.9. The Morgan fingerprint density at radius 3 is 1.43 bits per heavy atom. The Kier molecular flexibility index (Phi) is 36.1. The van der Waals surface area contributed by atoms with Gasteiger partial charge < -0.3 is 34.3 Å². The second-order valence-corrected chi connectivity index (χ2v) is 18.7. The standard InChI is InChI=1S/C48H88O12S/c1-3-5-7-9-11-13-15-17-19-20-21-23-25-27-29-31-33-35-37-44(50)59-41(39-58-48-47(53)46(52)45(51)42(60-48)40-61(54,55)56)38-57-43(49)36-34-32-30-28-26-24-22-18-16-14-12-10-8-6-4-2/h14,16,18,22,41-42,45-48,51-53H,3-13,15,17,19-21,23-40H2,1-2H3,(H,54,55,56)/b16-14+,22-18+/t41-,42-,45-,46?,47?,48+/m1/s1. The molecule has 6 atom stereocenters. The van der Waals surface area contributed by atoms with E-state index >= 15 is 0 Å². The minimum Gasteiger partial charge on any atom is -0.462 e. The third-order valence-corrected chi connectivity index (χ3v) is 12.1. The van der Waals surface area contributed by atoms with E-state index in [-0.39, 0.29) is 19.4 Å². The van der Waals surface area contributed by atoms with Crippen LogP contribution in [0.25, 0.3) is 0 Å². The highest BCUT2D eigenvalue weighted by Crippen LogP contribution is 2.24. The molecule has 1 aliphatic rings. The van der Waals surface area contributed by atoms with E-state index in [2.05, 4.69) is 38.2 Å². The number of allylic oxidation sites excluding steroid dienone is 4. The number of esters is 2. The van der Waals surface area contributed by atoms with Crippen LogP contribution in [0.2, 0.25) is 0 Å². The van der Waals surface area contributed by atoms with E-state index < -0.39 is 71.2 Å². The smallest absolute Gasteiger partial charge is 0.306 e. The van der Waals surface area contributed by atoms with Gasteiger partial charge in [0.2, 0.25) is 0 Å². The number of carbonyl (C=O) groups excluding carboxylic acids is 2. The molecule has 0 aliphatic carbocycles. The predicted molar refractivity (Wildman–Crippen MR) is 243 cm³/mol. The maximum atomic E-state index is 12.8. The topological polar surface area (TPSA) is 186 Å². The lowest BCUT2D eigenvalue weighted by atomic mass is 10.00. The van der Waals surface area contributed by atoms with Crippen LogP contribution in [0, 0.1) is 0 Å². The number of unbranched alkanes of at least 4 members (excludes halogenated alkanes) is 26. The van der Waals surface area contributed by atoms with Gasteiger partial charge in [-0.25, -0.2) is 0 Å². The molecule has 4 N–H and O–H groups in total. The van der Waals surface area contributed by atoms with Crippen molar-refractivity contribution < 1.29 is 56.8 Å². The molecule has 61 heavy (non-hydrogen) atoms. The quantitative estimate of drug-likeness (QED) is 0.0197. The minimum atomic E-state index is -4.60. The van der Waals surface area contributed by atoms with Gasteiger partial charge in [-0.3, -0.25) is 14.1 Å². The van der Waals surface area contributed by atoms with Crippen LogP contribution < -0.4 is 0 Å². The van der Waals surface area contributed by atoms with Gasteiger partial charge in [-0.1, -0.05) is 186 Å². The molecule has 0 amide bonds. The van der Waals surface area contributed by atoms with Gasteiger partial charge in [-0.15, -0.1) is 0 Å². The molecule has 0 radical (unpaired) electrons. The van der Waals surface area contributed by atoms with Crippen molar-refractivity contribution in [3.63, 3.8) is 0 Å². The Morgan fingerprint density at radius 1 is 0.557 bits per heavy atom. The van der Waals surface area contributed by atoms with Crippen LogP contribution in [0.3, 0.4) is 0 Å². The van der Waals surface area contributed by atoms with Crippen LogP contribution >= 0.6 is 0 Å². The van der Waals surface area contributed by atoms with Gasteiger partial charge >= 0.3 is 11.9 Å². The van der Waals surface area contributed by atoms with Crippen molar-refractivity contribution in [3.8, 4) is 0 Å². The minimum absolute atomic E-state index is 0.165. The normalized spacial score (nSPS) is 20.1. The molecule has 1 heterocycles. The van der Waals surface area contributed by atoms with Crippen LogP contribution in [-0.2, 0) is 38.7 Å². The summed E-state index contributed by atoms with van der Waals surface area (Å²) in [7, 11) is -4.60. The highest BCUT2D eigenvalue weighted by molar-refractivity contribution is 7.85. The monoisotopic (exact) mass is 889 g/mol. The van der Waals surface area contributed by atoms with Gasteiger partial charge in [0.05, 0.1) is 6.61 Å². The Morgan fingerprint density at radius 2 is 0.967 bits per heavy atom. The van der Waals surface area contributed by atoms with Crippen molar-refractivity contribution in [2.45, 2.75) is 250 Å². The lowest BCUT2D eigenvalue weighted by molar-refractivity contribution is -0.297. The van der Waals surface area contributed by atoms with Crippen molar-refractivity contribution >= 4 is 22.1 Å². The molecule has 0 bridgehead atoms. The fourth-order valence-electron chi connectivity index (χ4n) is 7.49. The van der Waals surface area contributed by atoms with Crippen LogP contribution in [-0.4, -0.2) is 96.0 Å². The van der Waals surface area contributed by atoms with E-state index in [4.69, 9.17) is 18.9 Å². The lowest BCUT2D eigenvalue weighted by Crippen LogP contribution is -2.60. The third kappa shape index (κ3) is 33.3. The maximum absolute atomic E-state index is 12.8. The summed E-state index contributed by atoms with van der Waals surface area (Å²) in [6.07, 6.45) is 33.6. The van der Waals surface area contributed by atoms with Gasteiger partial charge in [0, 0.05) is 12.8 Å². The summed E-state index contributed by atoms with van der Waals surface area (Å²) in [6.45, 7) is 3.75. The van der Waals surface area contributed by atoms with Crippen molar-refractivity contribution in [2.75, 3.05) is 19.0 Å². The molecule has 2 unspecified atom stereocenters. The summed E-state index contributed by atoms with van der Waals surface area (Å²) in [5.74, 6) is -1.99. The third-order valence-electron chi connectivity index (χ3n) is 11.3. The molecule has 1 rings (SSSR count). The molecule has 1 saturated heterocycles. The fraction of sp³-hybridized carbons (Fsp3) is 0.875. The summed E-state index contributed by atoms with van der Waals surface area (Å²) in [4.78, 5) is 25.5. The largest absolute Gasteiger partial charge is 0.462 e. The second kappa shape index (κ2) is 38.6. The molecular formula is C48H88O12S. The maximum Gasteiger partial charge on any atom is 0.306 e. The Hall–Kier alpha value is -1.87. The van der Waals surface area contributed by atoms with Crippen LogP contribution in [0.15, 0.2) is 24.3 Å². The van der Waals surface area contributed by atoms with Crippen LogP contribution in [0.4, 0.5) is 0 Å². The van der Waals surface area contributed by atoms with E-state index in [0.717, 1.165) is 57.8 Å². The first-order chi connectivity index (χ1) is 29.5. The van der Waals surface area contributed by atoms with Crippen molar-refractivity contribution in [1.82, 2.24) is 0 Å². The molecular weight excluding hydrogens is 801 g/mol. The molecule has 0 aromatic rings. The van der Waals surface area contributed by atoms with E-state index in [1.165, 1.54) is 116 Å². The number of rotatable bonds is 41. The fourth-order valence-corrected chi connectivity index (χ4v) is 8.18. The Bertz CT molecular complexity index is 1220. The molecule has 1 fully saturated rings. The zero-order chi connectivity index (χ0) is 44.8. The lowest BCUT2D eigenvalue weighted by Gasteiger charge is -2.40. The molecule has 0 aromatic carbocycles. The summed E-state index contributed by atoms with van der Waals surface area (Å²) >= 11 is 0. The molecule has 358 valence electrons. The molecule has 13 heteroatoms. The SMILES string of the molecule is CCCCCC/C=C/C=C/CCCCCCCC(=O)OC[C@H](CO[C@H]1O[C@H](CS(=O)(=O)O)[C@@H](O)C(O)C1O)OC(=O)CCCCCCCCCCCCCCCCCCCC. The van der Waals surface area contributed by atoms with Gasteiger partial charge in [0.15, 0.2) is 12.4 Å². The van der Waals surface area contributed by atoms with E-state index in [0.29, 0.717) is 12.8 Å². The Balaban J connectivity index is 2.41. The highest BCUT2D eigenvalue weighted by atomic mass is 32.2. The second-order valence-electron chi connectivity index (χ2n) is 17.2. The number of hydrogen-bond acceptors (Lipinski definition) is 11. The number of aliphatic hydroxyl groups is 3. The number of hydrogen-bond donors (Lipinski definition) is 4. The highest BCUT2D eigenvalue weighted by Gasteiger charge is 2.46. The Labute approximate surface area is 370 Å². The van der Waals surface area contributed by atoms with Crippen molar-refractivity contribution in [3.05, 3.63) is 24.3 Å². The molecule has 0 saturated carbocycles. The summed E-state index contributed by atoms with van der Waals surface area (Å²) < 4.78 is 54.1. The van der Waals surface area contributed by atoms with E-state index in [1.54, 1.807) is 0 Å². The van der Waals surface area contributed by atoms with Gasteiger partial charge in [-0.05, 0) is 38.5 Å².